The van der Waals surface area contributed by atoms with Crippen molar-refractivity contribution in [1.82, 2.24) is 0 Å². The van der Waals surface area contributed by atoms with E-state index in [0.717, 1.165) is 44.6 Å². The summed E-state index contributed by atoms with van der Waals surface area (Å²) in [5.41, 5.74) is 4.22. The third-order valence-electron chi connectivity index (χ3n) is 5.53. The molecule has 2 aliphatic rings. The van der Waals surface area contributed by atoms with E-state index in [-0.39, 0.29) is 25.4 Å². The van der Waals surface area contributed by atoms with E-state index < -0.39 is 0 Å². The van der Waals surface area contributed by atoms with Crippen molar-refractivity contribution in [2.45, 2.75) is 6.23 Å². The van der Waals surface area contributed by atoms with Crippen molar-refractivity contribution in [1.29, 1.82) is 0 Å². The number of rotatable bonds is 3. The van der Waals surface area contributed by atoms with E-state index in [1.807, 2.05) is 25.2 Å². The van der Waals surface area contributed by atoms with Gasteiger partial charge in [0.05, 0.1) is 25.5 Å². The Morgan fingerprint density at radius 3 is 2.34 bits per heavy atom. The molecule has 0 fully saturated rings. The molecule has 0 spiro atoms. The Morgan fingerprint density at radius 1 is 0.931 bits per heavy atom. The van der Waals surface area contributed by atoms with E-state index in [1.54, 1.807) is 21.3 Å². The van der Waals surface area contributed by atoms with Gasteiger partial charge < -0.3 is 28.6 Å². The molecule has 2 aliphatic heterocycles. The van der Waals surface area contributed by atoms with Crippen molar-refractivity contribution < 1.29 is 23.7 Å². The number of methoxy groups -OCH3 is 3. The first kappa shape index (κ1) is 19.5. The van der Waals surface area contributed by atoms with Crippen LogP contribution in [0.15, 0.2) is 36.4 Å². The Labute approximate surface area is 175 Å². The van der Waals surface area contributed by atoms with E-state index in [4.69, 9.17) is 23.7 Å². The number of halogens is 1. The Balaban J connectivity index is 0.00000205. The van der Waals surface area contributed by atoms with E-state index in [0.29, 0.717) is 11.5 Å². The van der Waals surface area contributed by atoms with Crippen LogP contribution < -0.4 is 23.8 Å². The smallest absolute Gasteiger partial charge is 0.231 e. The summed E-state index contributed by atoms with van der Waals surface area (Å²) in [6, 6.07) is 12.3. The highest BCUT2D eigenvalue weighted by Gasteiger charge is 2.34. The zero-order chi connectivity index (χ0) is 19.4. The normalized spacial score (nSPS) is 16.1. The minimum atomic E-state index is -0.316. The number of hydrogen-bond acceptors (Lipinski definition) is 6. The quantitative estimate of drug-likeness (QED) is 0.614. The fraction of sp³-hybridized carbons (Fsp3) is 0.273. The molecule has 0 saturated carbocycles. The average molecular weight is 416 g/mol. The largest absolute Gasteiger partial charge is 0.493 e. The van der Waals surface area contributed by atoms with Gasteiger partial charge in [-0.1, -0.05) is 12.1 Å². The molecule has 29 heavy (non-hydrogen) atoms. The standard InChI is InChI=1S/C22H21NO5.ClH/c1-23-20-14(6-5-12-9-17-18(10-15(12)20)28-11-27-17)13-7-8-16(24-2)21(25-3)19(13)22(23)26-4;/h5-10,22H,11H2,1-4H3;1H. The lowest BCUT2D eigenvalue weighted by Crippen LogP contribution is -2.30. The fourth-order valence-electron chi connectivity index (χ4n) is 4.31. The van der Waals surface area contributed by atoms with Gasteiger partial charge in [0, 0.05) is 25.1 Å². The summed E-state index contributed by atoms with van der Waals surface area (Å²) >= 11 is 0. The molecule has 0 saturated heterocycles. The van der Waals surface area contributed by atoms with Crippen LogP contribution in [0.25, 0.3) is 21.9 Å². The minimum absolute atomic E-state index is 0. The molecule has 5 rings (SSSR count). The van der Waals surface area contributed by atoms with E-state index in [9.17, 15) is 0 Å². The van der Waals surface area contributed by atoms with Crippen LogP contribution in [0.1, 0.15) is 11.8 Å². The predicted octanol–water partition coefficient (Wildman–Crippen LogP) is 4.77. The molecule has 0 bridgehead atoms. The highest BCUT2D eigenvalue weighted by atomic mass is 35.5. The third-order valence-corrected chi connectivity index (χ3v) is 5.53. The molecule has 7 heteroatoms. The maximum Gasteiger partial charge on any atom is 0.231 e. The van der Waals surface area contributed by atoms with Gasteiger partial charge >= 0.3 is 0 Å². The molecule has 0 amide bonds. The molecule has 1 atom stereocenters. The van der Waals surface area contributed by atoms with Crippen molar-refractivity contribution >= 4 is 28.9 Å². The summed E-state index contributed by atoms with van der Waals surface area (Å²) in [6.45, 7) is 0.254. The summed E-state index contributed by atoms with van der Waals surface area (Å²) in [6.07, 6.45) is -0.316. The number of benzene rings is 3. The summed E-state index contributed by atoms with van der Waals surface area (Å²) in [5.74, 6) is 2.92. The van der Waals surface area contributed by atoms with Crippen LogP contribution in [0.3, 0.4) is 0 Å². The molecular weight excluding hydrogens is 394 g/mol. The molecule has 152 valence electrons. The number of anilines is 1. The fourth-order valence-corrected chi connectivity index (χ4v) is 4.31. The number of hydrogen-bond donors (Lipinski definition) is 0. The molecule has 0 N–H and O–H groups in total. The third kappa shape index (κ3) is 2.67. The highest BCUT2D eigenvalue weighted by Crippen LogP contribution is 2.53. The van der Waals surface area contributed by atoms with Crippen molar-refractivity contribution in [2.75, 3.05) is 40.1 Å². The topological polar surface area (TPSA) is 49.4 Å². The summed E-state index contributed by atoms with van der Waals surface area (Å²) in [5, 5.41) is 2.18. The van der Waals surface area contributed by atoms with Crippen molar-refractivity contribution in [3.05, 3.63) is 42.0 Å². The van der Waals surface area contributed by atoms with Gasteiger partial charge in [-0.2, -0.15) is 0 Å². The molecule has 3 aromatic rings. The minimum Gasteiger partial charge on any atom is -0.493 e. The molecule has 0 aromatic heterocycles. The molecule has 0 aliphatic carbocycles. The lowest BCUT2D eigenvalue weighted by molar-refractivity contribution is 0.101. The van der Waals surface area contributed by atoms with E-state index >= 15 is 0 Å². The zero-order valence-electron chi connectivity index (χ0n) is 16.6. The number of ether oxygens (including phenoxy) is 5. The van der Waals surface area contributed by atoms with Crippen molar-refractivity contribution in [3.63, 3.8) is 0 Å². The number of fused-ring (bicyclic) bond motifs is 6. The molecule has 2 heterocycles. The van der Waals surface area contributed by atoms with Crippen LogP contribution in [-0.4, -0.2) is 35.2 Å². The zero-order valence-corrected chi connectivity index (χ0v) is 17.5. The predicted molar refractivity (Wildman–Crippen MR) is 114 cm³/mol. The second-order valence-corrected chi connectivity index (χ2v) is 6.85. The Morgan fingerprint density at radius 2 is 1.66 bits per heavy atom. The van der Waals surface area contributed by atoms with Gasteiger partial charge in [-0.15, -0.1) is 12.4 Å². The number of nitrogens with zero attached hydrogens (tertiary/aromatic N) is 1. The molecular formula is C22H22ClNO5. The Kier molecular flexibility index (Phi) is 4.84. The van der Waals surface area contributed by atoms with Gasteiger partial charge in [0.2, 0.25) is 6.79 Å². The van der Waals surface area contributed by atoms with Crippen molar-refractivity contribution in [3.8, 4) is 34.1 Å². The van der Waals surface area contributed by atoms with Gasteiger partial charge in [0.1, 0.15) is 0 Å². The monoisotopic (exact) mass is 415 g/mol. The van der Waals surface area contributed by atoms with Gasteiger partial charge in [-0.3, -0.25) is 0 Å². The maximum atomic E-state index is 5.90. The first-order valence-corrected chi connectivity index (χ1v) is 9.05. The molecule has 6 nitrogen and oxygen atoms in total. The second kappa shape index (κ2) is 7.21. The van der Waals surface area contributed by atoms with Gasteiger partial charge in [0.25, 0.3) is 0 Å². The summed E-state index contributed by atoms with van der Waals surface area (Å²) in [4.78, 5) is 2.13. The van der Waals surface area contributed by atoms with Crippen LogP contribution >= 0.6 is 12.4 Å². The molecule has 1 unspecified atom stereocenters. The van der Waals surface area contributed by atoms with Crippen molar-refractivity contribution in [2.24, 2.45) is 0 Å². The van der Waals surface area contributed by atoms with Crippen LogP contribution in [0.5, 0.6) is 23.0 Å². The lowest BCUT2D eigenvalue weighted by atomic mass is 9.88. The average Bonchev–Trinajstić information content (AvgIpc) is 3.18. The first-order valence-electron chi connectivity index (χ1n) is 9.05. The van der Waals surface area contributed by atoms with Crippen LogP contribution in [0.4, 0.5) is 5.69 Å². The summed E-state index contributed by atoms with van der Waals surface area (Å²) < 4.78 is 28.3. The van der Waals surface area contributed by atoms with Gasteiger partial charge in [-0.25, -0.2) is 0 Å². The molecule has 0 radical (unpaired) electrons. The van der Waals surface area contributed by atoms with Crippen LogP contribution in [-0.2, 0) is 4.74 Å². The van der Waals surface area contributed by atoms with Crippen LogP contribution in [0, 0.1) is 0 Å². The van der Waals surface area contributed by atoms with Gasteiger partial charge in [-0.05, 0) is 35.2 Å². The lowest BCUT2D eigenvalue weighted by Gasteiger charge is -2.38. The van der Waals surface area contributed by atoms with E-state index in [1.165, 1.54) is 0 Å². The van der Waals surface area contributed by atoms with Crippen LogP contribution in [0.2, 0.25) is 0 Å². The highest BCUT2D eigenvalue weighted by molar-refractivity contribution is 6.05. The van der Waals surface area contributed by atoms with E-state index in [2.05, 4.69) is 23.1 Å². The molecule has 3 aromatic carbocycles. The summed E-state index contributed by atoms with van der Waals surface area (Å²) in [7, 11) is 7.03. The SMILES string of the molecule is COc1ccc2c(c1OC)C(OC)N(C)c1c-2ccc2cc3c(cc12)OCO3.Cl. The Hall–Kier alpha value is -2.83. The maximum absolute atomic E-state index is 5.90. The Bertz CT molecular complexity index is 1100. The van der Waals surface area contributed by atoms with Gasteiger partial charge in [0.15, 0.2) is 29.2 Å². The second-order valence-electron chi connectivity index (χ2n) is 6.85. The first-order chi connectivity index (χ1) is 13.7.